The highest BCUT2D eigenvalue weighted by atomic mass is 19.1. The summed E-state index contributed by atoms with van der Waals surface area (Å²) in [5.74, 6) is -0.0848. The molecule has 1 aromatic carbocycles. The van der Waals surface area contributed by atoms with Gasteiger partial charge >= 0.3 is 0 Å². The SMILES string of the molecule is CCC1(C)CC(NCc2cc(C)c(F)c(C)c2)CCO1. The highest BCUT2D eigenvalue weighted by Gasteiger charge is 2.31. The van der Waals surface area contributed by atoms with E-state index < -0.39 is 0 Å². The van der Waals surface area contributed by atoms with Crippen LogP contribution >= 0.6 is 0 Å². The van der Waals surface area contributed by atoms with Crippen molar-refractivity contribution in [1.82, 2.24) is 5.32 Å². The minimum atomic E-state index is -0.0848. The second kappa shape index (κ2) is 6.23. The van der Waals surface area contributed by atoms with Crippen LogP contribution in [0.5, 0.6) is 0 Å². The van der Waals surface area contributed by atoms with E-state index in [1.165, 1.54) is 0 Å². The fraction of sp³-hybridized carbons (Fsp3) is 0.647. The van der Waals surface area contributed by atoms with E-state index in [1.54, 1.807) is 0 Å². The number of halogens is 1. The summed E-state index contributed by atoms with van der Waals surface area (Å²) < 4.78 is 19.5. The number of hydrogen-bond acceptors (Lipinski definition) is 2. The van der Waals surface area contributed by atoms with Gasteiger partial charge in [-0.1, -0.05) is 19.1 Å². The number of rotatable bonds is 4. The zero-order valence-corrected chi connectivity index (χ0v) is 13.1. The van der Waals surface area contributed by atoms with Crippen molar-refractivity contribution < 1.29 is 9.13 Å². The standard InChI is InChI=1S/C17H26FNO/c1-5-17(4)10-15(6-7-20-17)19-11-14-8-12(2)16(18)13(3)9-14/h8-9,15,19H,5-7,10-11H2,1-4H3. The molecule has 1 aliphatic heterocycles. The molecule has 2 atom stereocenters. The fourth-order valence-corrected chi connectivity index (χ4v) is 2.95. The van der Waals surface area contributed by atoms with Crippen molar-refractivity contribution in [2.75, 3.05) is 6.61 Å². The van der Waals surface area contributed by atoms with E-state index in [0.29, 0.717) is 6.04 Å². The molecule has 0 spiro atoms. The lowest BCUT2D eigenvalue weighted by Crippen LogP contribution is -2.44. The first-order chi connectivity index (χ1) is 9.43. The van der Waals surface area contributed by atoms with E-state index in [4.69, 9.17) is 4.74 Å². The van der Waals surface area contributed by atoms with Crippen LogP contribution in [-0.2, 0) is 11.3 Å². The third-order valence-electron chi connectivity index (χ3n) is 4.43. The molecule has 1 saturated heterocycles. The van der Waals surface area contributed by atoms with E-state index >= 15 is 0 Å². The Morgan fingerprint density at radius 2 is 2.00 bits per heavy atom. The zero-order chi connectivity index (χ0) is 14.8. The van der Waals surface area contributed by atoms with Gasteiger partial charge in [0.1, 0.15) is 5.82 Å². The van der Waals surface area contributed by atoms with E-state index in [2.05, 4.69) is 19.2 Å². The smallest absolute Gasteiger partial charge is 0.129 e. The lowest BCUT2D eigenvalue weighted by Gasteiger charge is -2.38. The van der Waals surface area contributed by atoms with Gasteiger partial charge in [-0.15, -0.1) is 0 Å². The normalized spacial score (nSPS) is 26.8. The van der Waals surface area contributed by atoms with Crippen LogP contribution in [0.25, 0.3) is 0 Å². The fourth-order valence-electron chi connectivity index (χ4n) is 2.95. The van der Waals surface area contributed by atoms with Crippen LogP contribution in [0.3, 0.4) is 0 Å². The Morgan fingerprint density at radius 3 is 2.60 bits per heavy atom. The maximum Gasteiger partial charge on any atom is 0.129 e. The molecule has 0 amide bonds. The van der Waals surface area contributed by atoms with Crippen LogP contribution in [0.15, 0.2) is 12.1 Å². The van der Waals surface area contributed by atoms with Crippen molar-refractivity contribution in [2.45, 2.75) is 65.1 Å². The van der Waals surface area contributed by atoms with Crippen molar-refractivity contribution in [3.63, 3.8) is 0 Å². The zero-order valence-electron chi connectivity index (χ0n) is 13.1. The Kier molecular flexibility index (Phi) is 4.82. The average Bonchev–Trinajstić information content (AvgIpc) is 2.42. The molecule has 0 aliphatic carbocycles. The van der Waals surface area contributed by atoms with Crippen molar-refractivity contribution in [3.05, 3.63) is 34.6 Å². The molecule has 0 radical (unpaired) electrons. The summed E-state index contributed by atoms with van der Waals surface area (Å²) in [6.45, 7) is 9.64. The molecule has 2 rings (SSSR count). The Labute approximate surface area is 121 Å². The molecule has 1 fully saturated rings. The summed E-state index contributed by atoms with van der Waals surface area (Å²) in [6, 6.07) is 4.36. The minimum absolute atomic E-state index is 0.00451. The molecule has 3 heteroatoms. The first kappa shape index (κ1) is 15.5. The monoisotopic (exact) mass is 279 g/mol. The third kappa shape index (κ3) is 3.58. The first-order valence-corrected chi connectivity index (χ1v) is 7.56. The van der Waals surface area contributed by atoms with Crippen molar-refractivity contribution in [1.29, 1.82) is 0 Å². The molecule has 20 heavy (non-hydrogen) atoms. The van der Waals surface area contributed by atoms with Crippen LogP contribution in [0.2, 0.25) is 0 Å². The van der Waals surface area contributed by atoms with E-state index in [1.807, 2.05) is 26.0 Å². The van der Waals surface area contributed by atoms with Crippen LogP contribution in [-0.4, -0.2) is 18.2 Å². The van der Waals surface area contributed by atoms with Crippen LogP contribution in [0.1, 0.15) is 49.8 Å². The third-order valence-corrected chi connectivity index (χ3v) is 4.43. The molecular weight excluding hydrogens is 253 g/mol. The number of benzene rings is 1. The van der Waals surface area contributed by atoms with Gasteiger partial charge in [0.2, 0.25) is 0 Å². The summed E-state index contributed by atoms with van der Waals surface area (Å²) in [4.78, 5) is 0. The molecule has 1 N–H and O–H groups in total. The molecular formula is C17H26FNO. The Morgan fingerprint density at radius 1 is 1.35 bits per heavy atom. The molecule has 112 valence electrons. The van der Waals surface area contributed by atoms with Gasteiger partial charge in [0.05, 0.1) is 5.60 Å². The van der Waals surface area contributed by atoms with E-state index in [9.17, 15) is 4.39 Å². The Hall–Kier alpha value is -0.930. The van der Waals surface area contributed by atoms with Gasteiger partial charge in [0.25, 0.3) is 0 Å². The maximum absolute atomic E-state index is 13.6. The second-order valence-corrected chi connectivity index (χ2v) is 6.27. The van der Waals surface area contributed by atoms with Gasteiger partial charge in [-0.25, -0.2) is 4.39 Å². The molecule has 2 unspecified atom stereocenters. The molecule has 0 aromatic heterocycles. The Balaban J connectivity index is 1.95. The summed E-state index contributed by atoms with van der Waals surface area (Å²) >= 11 is 0. The highest BCUT2D eigenvalue weighted by Crippen LogP contribution is 2.28. The van der Waals surface area contributed by atoms with Gasteiger partial charge in [-0.3, -0.25) is 0 Å². The van der Waals surface area contributed by atoms with Gasteiger partial charge < -0.3 is 10.1 Å². The summed E-state index contributed by atoms with van der Waals surface area (Å²) in [6.07, 6.45) is 3.14. The van der Waals surface area contributed by atoms with Crippen LogP contribution in [0.4, 0.5) is 4.39 Å². The van der Waals surface area contributed by atoms with Crippen molar-refractivity contribution in [3.8, 4) is 0 Å². The molecule has 0 saturated carbocycles. The summed E-state index contributed by atoms with van der Waals surface area (Å²) in [5, 5.41) is 3.60. The lowest BCUT2D eigenvalue weighted by molar-refractivity contribution is -0.0781. The minimum Gasteiger partial charge on any atom is -0.375 e. The van der Waals surface area contributed by atoms with E-state index in [0.717, 1.165) is 49.1 Å². The van der Waals surface area contributed by atoms with Crippen molar-refractivity contribution >= 4 is 0 Å². The quantitative estimate of drug-likeness (QED) is 0.903. The molecule has 2 nitrogen and oxygen atoms in total. The lowest BCUT2D eigenvalue weighted by atomic mass is 9.90. The molecule has 1 heterocycles. The average molecular weight is 279 g/mol. The predicted octanol–water partition coefficient (Wildman–Crippen LogP) is 3.88. The van der Waals surface area contributed by atoms with Gasteiger partial charge in [0, 0.05) is 19.2 Å². The largest absolute Gasteiger partial charge is 0.375 e. The van der Waals surface area contributed by atoms with Gasteiger partial charge in [0.15, 0.2) is 0 Å². The van der Waals surface area contributed by atoms with Crippen LogP contribution < -0.4 is 5.32 Å². The number of ether oxygens (including phenoxy) is 1. The molecule has 1 aliphatic rings. The topological polar surface area (TPSA) is 21.3 Å². The number of aryl methyl sites for hydroxylation is 2. The van der Waals surface area contributed by atoms with Crippen molar-refractivity contribution in [2.24, 2.45) is 0 Å². The molecule has 1 aromatic rings. The highest BCUT2D eigenvalue weighted by molar-refractivity contribution is 5.30. The number of hydrogen-bond donors (Lipinski definition) is 1. The molecule has 0 bridgehead atoms. The van der Waals surface area contributed by atoms with Gasteiger partial charge in [-0.05, 0) is 56.7 Å². The Bertz CT molecular complexity index is 451. The summed E-state index contributed by atoms with van der Waals surface area (Å²) in [7, 11) is 0. The van der Waals surface area contributed by atoms with Crippen LogP contribution in [0, 0.1) is 19.7 Å². The predicted molar refractivity (Wildman–Crippen MR) is 80.4 cm³/mol. The van der Waals surface area contributed by atoms with Gasteiger partial charge in [-0.2, -0.15) is 0 Å². The number of nitrogens with one attached hydrogen (secondary N) is 1. The second-order valence-electron chi connectivity index (χ2n) is 6.27. The first-order valence-electron chi connectivity index (χ1n) is 7.56. The maximum atomic E-state index is 13.6. The van der Waals surface area contributed by atoms with E-state index in [-0.39, 0.29) is 11.4 Å². The summed E-state index contributed by atoms with van der Waals surface area (Å²) in [5.41, 5.74) is 2.62.